The third kappa shape index (κ3) is 8.47. The topological polar surface area (TPSA) is 179 Å². The van der Waals surface area contributed by atoms with Crippen molar-refractivity contribution in [2.24, 2.45) is 5.73 Å². The van der Waals surface area contributed by atoms with E-state index in [0.29, 0.717) is 5.69 Å². The van der Waals surface area contributed by atoms with E-state index in [1.165, 1.54) is 12.5 Å². The zero-order valence-electron chi connectivity index (χ0n) is 10.4. The lowest BCUT2D eigenvalue weighted by molar-refractivity contribution is -0.141. The van der Waals surface area contributed by atoms with Gasteiger partial charge in [-0.25, -0.2) is 14.6 Å². The summed E-state index contributed by atoms with van der Waals surface area (Å²) >= 11 is 0. The number of amides is 1. The van der Waals surface area contributed by atoms with Crippen LogP contribution in [0.1, 0.15) is 12.1 Å². The summed E-state index contributed by atoms with van der Waals surface area (Å²) in [7, 11) is 0. The maximum Gasteiger partial charge on any atom is 0.503 e. The van der Waals surface area contributed by atoms with Crippen molar-refractivity contribution in [2.75, 3.05) is 6.54 Å². The second-order valence-electron chi connectivity index (χ2n) is 3.56. The lowest BCUT2D eigenvalue weighted by Gasteiger charge is -2.13. The molecule has 0 fully saturated rings. The Balaban J connectivity index is 0.000000796. The number of aromatic amines is 1. The number of H-pyrrole nitrogens is 1. The lowest BCUT2D eigenvalue weighted by Crippen LogP contribution is -2.42. The van der Waals surface area contributed by atoms with E-state index in [9.17, 15) is 9.59 Å². The third-order valence-electron chi connectivity index (χ3n) is 1.98. The van der Waals surface area contributed by atoms with Crippen LogP contribution in [0.4, 0.5) is 4.79 Å². The zero-order chi connectivity index (χ0) is 15.5. The van der Waals surface area contributed by atoms with Gasteiger partial charge in [0, 0.05) is 31.3 Å². The summed E-state index contributed by atoms with van der Waals surface area (Å²) in [4.78, 5) is 37.2. The molecule has 0 unspecified atom stereocenters. The Morgan fingerprint density at radius 2 is 1.95 bits per heavy atom. The van der Waals surface area contributed by atoms with Crippen molar-refractivity contribution in [3.8, 4) is 0 Å². The first-order valence-corrected chi connectivity index (χ1v) is 5.48. The number of aliphatic carboxylic acids is 1. The molecule has 1 rings (SSSR count). The molecule has 1 aromatic heterocycles. The molecule has 1 heterocycles. The number of nitrogens with one attached hydrogen (secondary N) is 2. The minimum Gasteiger partial charge on any atom is -0.480 e. The molecule has 0 radical (unpaired) electrons. The zero-order valence-corrected chi connectivity index (χ0v) is 10.4. The summed E-state index contributed by atoms with van der Waals surface area (Å²) < 4.78 is 0. The maximum absolute atomic E-state index is 11.2. The van der Waals surface area contributed by atoms with Gasteiger partial charge >= 0.3 is 12.1 Å². The fourth-order valence-electron chi connectivity index (χ4n) is 1.21. The SMILES string of the molecule is NCCC(=O)N[C@@H](Cc1cnc[nH]1)C(=O)O.O=C(O)O. The fraction of sp³-hybridized carbons (Fsp3) is 0.400. The first kappa shape index (κ1) is 17.4. The highest BCUT2D eigenvalue weighted by Gasteiger charge is 2.20. The summed E-state index contributed by atoms with van der Waals surface area (Å²) in [6.07, 6.45) is 1.43. The Hall–Kier alpha value is -2.62. The molecule has 0 saturated carbocycles. The summed E-state index contributed by atoms with van der Waals surface area (Å²) in [5, 5.41) is 25.2. The number of carboxylic acids is 1. The van der Waals surface area contributed by atoms with E-state index in [1.807, 2.05) is 0 Å². The summed E-state index contributed by atoms with van der Waals surface area (Å²) in [6.45, 7) is 0.197. The Labute approximate surface area is 113 Å². The highest BCUT2D eigenvalue weighted by Crippen LogP contribution is 1.99. The van der Waals surface area contributed by atoms with Crippen LogP contribution in [0.2, 0.25) is 0 Å². The van der Waals surface area contributed by atoms with Crippen LogP contribution in [0.15, 0.2) is 12.5 Å². The quantitative estimate of drug-likeness (QED) is 0.389. The molecule has 0 bridgehead atoms. The number of carbonyl (C=O) groups is 3. The number of carboxylic acid groups (broad SMARTS) is 3. The van der Waals surface area contributed by atoms with Crippen molar-refractivity contribution >= 4 is 18.0 Å². The van der Waals surface area contributed by atoms with Gasteiger partial charge in [0.2, 0.25) is 5.91 Å². The van der Waals surface area contributed by atoms with Crippen molar-refractivity contribution < 1.29 is 29.7 Å². The van der Waals surface area contributed by atoms with Gasteiger partial charge in [-0.3, -0.25) is 4.79 Å². The number of hydrogen-bond acceptors (Lipinski definition) is 5. The van der Waals surface area contributed by atoms with Gasteiger partial charge in [-0.2, -0.15) is 0 Å². The van der Waals surface area contributed by atoms with Crippen molar-refractivity contribution in [3.63, 3.8) is 0 Å². The van der Waals surface area contributed by atoms with E-state index in [4.69, 9.17) is 25.8 Å². The molecule has 1 atom stereocenters. The second-order valence-corrected chi connectivity index (χ2v) is 3.56. The average Bonchev–Trinajstić information content (AvgIpc) is 2.80. The highest BCUT2D eigenvalue weighted by atomic mass is 16.6. The molecule has 112 valence electrons. The Morgan fingerprint density at radius 3 is 2.35 bits per heavy atom. The molecule has 1 amide bonds. The van der Waals surface area contributed by atoms with Crippen molar-refractivity contribution in [1.82, 2.24) is 15.3 Å². The van der Waals surface area contributed by atoms with Gasteiger partial charge in [0.05, 0.1) is 6.33 Å². The monoisotopic (exact) mass is 288 g/mol. The molecule has 20 heavy (non-hydrogen) atoms. The molecule has 10 nitrogen and oxygen atoms in total. The van der Waals surface area contributed by atoms with Crippen LogP contribution in [0, 0.1) is 0 Å². The highest BCUT2D eigenvalue weighted by molar-refractivity contribution is 5.83. The summed E-state index contributed by atoms with van der Waals surface area (Å²) in [5.74, 6) is -1.45. The van der Waals surface area contributed by atoms with Gasteiger partial charge in [0.15, 0.2) is 0 Å². The van der Waals surface area contributed by atoms with Gasteiger partial charge < -0.3 is 31.4 Å². The number of rotatable bonds is 6. The van der Waals surface area contributed by atoms with Crippen LogP contribution >= 0.6 is 0 Å². The predicted molar refractivity (Wildman–Crippen MR) is 66.2 cm³/mol. The van der Waals surface area contributed by atoms with Crippen LogP contribution in [-0.2, 0) is 16.0 Å². The van der Waals surface area contributed by atoms with Crippen LogP contribution in [0.5, 0.6) is 0 Å². The van der Waals surface area contributed by atoms with Gasteiger partial charge in [0.25, 0.3) is 0 Å². The molecular weight excluding hydrogens is 272 g/mol. The molecular formula is C10H16N4O6. The van der Waals surface area contributed by atoms with E-state index < -0.39 is 18.2 Å². The second kappa shape index (κ2) is 9.33. The van der Waals surface area contributed by atoms with Crippen molar-refractivity contribution in [3.05, 3.63) is 18.2 Å². The van der Waals surface area contributed by atoms with E-state index in [1.54, 1.807) is 0 Å². The number of nitrogens with two attached hydrogens (primary N) is 1. The molecule has 0 aromatic carbocycles. The van der Waals surface area contributed by atoms with Gasteiger partial charge in [0.1, 0.15) is 6.04 Å². The molecule has 0 saturated heterocycles. The van der Waals surface area contributed by atoms with Gasteiger partial charge in [-0.05, 0) is 0 Å². The Morgan fingerprint density at radius 1 is 1.35 bits per heavy atom. The van der Waals surface area contributed by atoms with Gasteiger partial charge in [-0.1, -0.05) is 0 Å². The molecule has 0 aliphatic carbocycles. The van der Waals surface area contributed by atoms with E-state index >= 15 is 0 Å². The van der Waals surface area contributed by atoms with Crippen LogP contribution < -0.4 is 11.1 Å². The molecule has 0 aliphatic rings. The van der Waals surface area contributed by atoms with E-state index in [2.05, 4.69) is 15.3 Å². The maximum atomic E-state index is 11.2. The normalized spacial score (nSPS) is 10.8. The molecule has 1 aromatic rings. The number of imidazole rings is 1. The first-order chi connectivity index (χ1) is 9.36. The van der Waals surface area contributed by atoms with Crippen molar-refractivity contribution in [1.29, 1.82) is 0 Å². The van der Waals surface area contributed by atoms with E-state index in [0.717, 1.165) is 0 Å². The summed E-state index contributed by atoms with van der Waals surface area (Å²) in [5.41, 5.74) is 5.85. The molecule has 7 N–H and O–H groups in total. The van der Waals surface area contributed by atoms with E-state index in [-0.39, 0.29) is 25.3 Å². The van der Waals surface area contributed by atoms with Crippen LogP contribution in [0.3, 0.4) is 0 Å². The third-order valence-corrected chi connectivity index (χ3v) is 1.98. The average molecular weight is 288 g/mol. The number of nitrogens with zero attached hydrogens (tertiary/aromatic N) is 1. The molecule has 0 spiro atoms. The lowest BCUT2D eigenvalue weighted by atomic mass is 10.1. The molecule has 10 heteroatoms. The van der Waals surface area contributed by atoms with Crippen LogP contribution in [0.25, 0.3) is 0 Å². The number of hydrogen-bond donors (Lipinski definition) is 6. The number of carbonyl (C=O) groups excluding carboxylic acids is 1. The standard InChI is InChI=1S/C9H14N4O3.CH2O3/c10-2-1-8(14)13-7(9(15)16)3-6-4-11-5-12-6;2-1(3)4/h4-5,7H,1-3,10H2,(H,11,12)(H,13,14)(H,15,16);(H2,2,3,4)/t7-;/m0./s1. The predicted octanol–water partition coefficient (Wildman–Crippen LogP) is -0.907. The minimum atomic E-state index is -1.83. The Kier molecular flexibility index (Phi) is 8.11. The number of aromatic nitrogens is 2. The fourth-order valence-corrected chi connectivity index (χ4v) is 1.21. The molecule has 0 aliphatic heterocycles. The van der Waals surface area contributed by atoms with Gasteiger partial charge in [-0.15, -0.1) is 0 Å². The Bertz CT molecular complexity index is 429. The summed E-state index contributed by atoms with van der Waals surface area (Å²) in [6, 6.07) is -0.959. The largest absolute Gasteiger partial charge is 0.503 e. The minimum absolute atomic E-state index is 0.118. The smallest absolute Gasteiger partial charge is 0.480 e. The van der Waals surface area contributed by atoms with Crippen molar-refractivity contribution in [2.45, 2.75) is 18.9 Å². The first-order valence-electron chi connectivity index (χ1n) is 5.48. The van der Waals surface area contributed by atoms with Crippen LogP contribution in [-0.4, -0.2) is 55.9 Å².